The molecule has 1 heterocycles. The number of hydrogen-bond acceptors (Lipinski definition) is 3. The van der Waals surface area contributed by atoms with E-state index < -0.39 is 0 Å². The Bertz CT molecular complexity index is 746. The van der Waals surface area contributed by atoms with Gasteiger partial charge >= 0.3 is 0 Å². The summed E-state index contributed by atoms with van der Waals surface area (Å²) < 4.78 is 0. The van der Waals surface area contributed by atoms with E-state index in [1.54, 1.807) is 24.3 Å². The normalized spacial score (nSPS) is 14.5. The number of fused-ring (bicyclic) bond motifs is 1. The second-order valence-electron chi connectivity index (χ2n) is 5.78. The number of nitrogens with zero attached hydrogens (tertiary/aromatic N) is 2. The van der Waals surface area contributed by atoms with Crippen LogP contribution in [0.4, 0.5) is 11.4 Å². The smallest absolute Gasteiger partial charge is 0.246 e. The van der Waals surface area contributed by atoms with Gasteiger partial charge in [-0.1, -0.05) is 18.2 Å². The summed E-state index contributed by atoms with van der Waals surface area (Å²) in [6.45, 7) is 2.82. The highest BCUT2D eigenvalue weighted by atomic mass is 16.2. The Morgan fingerprint density at radius 3 is 2.70 bits per heavy atom. The summed E-state index contributed by atoms with van der Waals surface area (Å²) >= 11 is 0. The van der Waals surface area contributed by atoms with E-state index in [4.69, 9.17) is 5.26 Å². The lowest BCUT2D eigenvalue weighted by Crippen LogP contribution is -2.44. The standard InChI is InChI=1S/C19H19N3O/c1-14(19(23)21-17-10-8-15(13-20)9-11-17)22-12-4-6-16-5-2-3-7-18(16)22/h2-3,5,7-11,14H,4,6,12H2,1H3,(H,21,23). The highest BCUT2D eigenvalue weighted by Crippen LogP contribution is 2.28. The van der Waals surface area contributed by atoms with Crippen molar-refractivity contribution in [1.29, 1.82) is 5.26 Å². The molecule has 0 aromatic heterocycles. The number of benzene rings is 2. The molecule has 1 aliphatic heterocycles. The summed E-state index contributed by atoms with van der Waals surface area (Å²) in [6.07, 6.45) is 2.13. The van der Waals surface area contributed by atoms with Gasteiger partial charge in [-0.05, 0) is 55.7 Å². The molecule has 0 spiro atoms. The van der Waals surface area contributed by atoms with Crippen molar-refractivity contribution in [3.8, 4) is 6.07 Å². The topological polar surface area (TPSA) is 56.1 Å². The molecule has 116 valence electrons. The highest BCUT2D eigenvalue weighted by molar-refractivity contribution is 5.96. The Kier molecular flexibility index (Phi) is 4.29. The summed E-state index contributed by atoms with van der Waals surface area (Å²) in [7, 11) is 0. The van der Waals surface area contributed by atoms with Gasteiger partial charge < -0.3 is 10.2 Å². The molecule has 2 aromatic rings. The number of amides is 1. The summed E-state index contributed by atoms with van der Waals surface area (Å²) in [5, 5.41) is 11.7. The largest absolute Gasteiger partial charge is 0.360 e. The third-order valence-corrected chi connectivity index (χ3v) is 4.27. The number of nitrogens with one attached hydrogen (secondary N) is 1. The van der Waals surface area contributed by atoms with E-state index >= 15 is 0 Å². The molecular weight excluding hydrogens is 286 g/mol. The Morgan fingerprint density at radius 2 is 1.96 bits per heavy atom. The van der Waals surface area contributed by atoms with Gasteiger partial charge in [0.15, 0.2) is 0 Å². The molecule has 0 bridgehead atoms. The zero-order valence-corrected chi connectivity index (χ0v) is 13.1. The maximum atomic E-state index is 12.6. The van der Waals surface area contributed by atoms with Crippen molar-refractivity contribution in [3.63, 3.8) is 0 Å². The van der Waals surface area contributed by atoms with Crippen LogP contribution in [0.3, 0.4) is 0 Å². The first-order valence-corrected chi connectivity index (χ1v) is 7.84. The van der Waals surface area contributed by atoms with Gasteiger partial charge in [0, 0.05) is 17.9 Å². The summed E-state index contributed by atoms with van der Waals surface area (Å²) in [4.78, 5) is 14.7. The van der Waals surface area contributed by atoms with Crippen molar-refractivity contribution in [2.75, 3.05) is 16.8 Å². The predicted molar refractivity (Wildman–Crippen MR) is 91.4 cm³/mol. The van der Waals surface area contributed by atoms with E-state index in [9.17, 15) is 4.79 Å². The predicted octanol–water partition coefficient (Wildman–Crippen LogP) is 3.34. The van der Waals surface area contributed by atoms with Crippen molar-refractivity contribution in [1.82, 2.24) is 0 Å². The van der Waals surface area contributed by atoms with Gasteiger partial charge in [-0.2, -0.15) is 5.26 Å². The molecule has 0 aliphatic carbocycles. The van der Waals surface area contributed by atoms with Crippen LogP contribution in [-0.2, 0) is 11.2 Å². The van der Waals surface area contributed by atoms with E-state index in [2.05, 4.69) is 28.4 Å². The molecule has 1 aliphatic rings. The Labute approximate surface area is 136 Å². The molecule has 0 radical (unpaired) electrons. The molecule has 1 amide bonds. The third-order valence-electron chi connectivity index (χ3n) is 4.27. The highest BCUT2D eigenvalue weighted by Gasteiger charge is 2.25. The van der Waals surface area contributed by atoms with Crippen LogP contribution in [-0.4, -0.2) is 18.5 Å². The van der Waals surface area contributed by atoms with Crippen molar-refractivity contribution in [3.05, 3.63) is 59.7 Å². The number of aryl methyl sites for hydroxylation is 1. The van der Waals surface area contributed by atoms with E-state index in [-0.39, 0.29) is 11.9 Å². The van der Waals surface area contributed by atoms with E-state index in [0.717, 1.165) is 25.1 Å². The van der Waals surface area contributed by atoms with Crippen LogP contribution < -0.4 is 10.2 Å². The van der Waals surface area contributed by atoms with Crippen LogP contribution in [0.2, 0.25) is 0 Å². The van der Waals surface area contributed by atoms with Gasteiger partial charge in [0.25, 0.3) is 0 Å². The number of para-hydroxylation sites is 1. The Hall–Kier alpha value is -2.80. The first kappa shape index (κ1) is 15.1. The SMILES string of the molecule is CC(C(=O)Nc1ccc(C#N)cc1)N1CCCc2ccccc21. The minimum atomic E-state index is -0.243. The average Bonchev–Trinajstić information content (AvgIpc) is 2.61. The minimum absolute atomic E-state index is 0.0357. The quantitative estimate of drug-likeness (QED) is 0.946. The number of anilines is 2. The van der Waals surface area contributed by atoms with Crippen molar-refractivity contribution in [2.24, 2.45) is 0 Å². The fourth-order valence-corrected chi connectivity index (χ4v) is 2.98. The van der Waals surface area contributed by atoms with Crippen LogP contribution >= 0.6 is 0 Å². The lowest BCUT2D eigenvalue weighted by Gasteiger charge is -2.35. The molecule has 1 unspecified atom stereocenters. The number of nitriles is 1. The van der Waals surface area contributed by atoms with E-state index in [0.29, 0.717) is 11.3 Å². The second-order valence-corrected chi connectivity index (χ2v) is 5.78. The fourth-order valence-electron chi connectivity index (χ4n) is 2.98. The Balaban J connectivity index is 1.74. The minimum Gasteiger partial charge on any atom is -0.360 e. The number of rotatable bonds is 3. The molecule has 4 heteroatoms. The summed E-state index contributed by atoms with van der Waals surface area (Å²) in [5.74, 6) is -0.0357. The van der Waals surface area contributed by atoms with E-state index in [1.807, 2.05) is 19.1 Å². The zero-order chi connectivity index (χ0) is 16.2. The third kappa shape index (κ3) is 3.19. The molecule has 0 saturated heterocycles. The molecule has 3 rings (SSSR count). The lowest BCUT2D eigenvalue weighted by atomic mass is 10.00. The fraction of sp³-hybridized carbons (Fsp3) is 0.263. The first-order valence-electron chi connectivity index (χ1n) is 7.84. The summed E-state index contributed by atoms with van der Waals surface area (Å²) in [6, 6.07) is 17.0. The van der Waals surface area contributed by atoms with Crippen molar-refractivity contribution < 1.29 is 4.79 Å². The molecular formula is C19H19N3O. The van der Waals surface area contributed by atoms with Gasteiger partial charge in [-0.25, -0.2) is 0 Å². The lowest BCUT2D eigenvalue weighted by molar-refractivity contribution is -0.117. The molecule has 1 N–H and O–H groups in total. The zero-order valence-electron chi connectivity index (χ0n) is 13.1. The summed E-state index contributed by atoms with van der Waals surface area (Å²) in [5.41, 5.74) is 3.75. The monoisotopic (exact) mass is 305 g/mol. The molecule has 2 aromatic carbocycles. The number of carbonyl (C=O) groups is 1. The number of carbonyl (C=O) groups excluding carboxylic acids is 1. The van der Waals surface area contributed by atoms with Crippen LogP contribution in [0.15, 0.2) is 48.5 Å². The average molecular weight is 305 g/mol. The van der Waals surface area contributed by atoms with Crippen molar-refractivity contribution >= 4 is 17.3 Å². The second kappa shape index (κ2) is 6.53. The van der Waals surface area contributed by atoms with Gasteiger partial charge in [-0.3, -0.25) is 4.79 Å². The molecule has 23 heavy (non-hydrogen) atoms. The Morgan fingerprint density at radius 1 is 1.22 bits per heavy atom. The maximum Gasteiger partial charge on any atom is 0.246 e. The molecule has 0 saturated carbocycles. The van der Waals surface area contributed by atoms with Crippen molar-refractivity contribution in [2.45, 2.75) is 25.8 Å². The van der Waals surface area contributed by atoms with Crippen LogP contribution in [0, 0.1) is 11.3 Å². The van der Waals surface area contributed by atoms with E-state index in [1.165, 1.54) is 5.56 Å². The number of hydrogen-bond donors (Lipinski definition) is 1. The van der Waals surface area contributed by atoms with Crippen LogP contribution in [0.25, 0.3) is 0 Å². The first-order chi connectivity index (χ1) is 11.2. The van der Waals surface area contributed by atoms with Gasteiger partial charge in [0.1, 0.15) is 6.04 Å². The molecule has 0 fully saturated rings. The van der Waals surface area contributed by atoms with Gasteiger partial charge in [-0.15, -0.1) is 0 Å². The molecule has 4 nitrogen and oxygen atoms in total. The van der Waals surface area contributed by atoms with Crippen LogP contribution in [0.5, 0.6) is 0 Å². The van der Waals surface area contributed by atoms with Gasteiger partial charge in [0.05, 0.1) is 11.6 Å². The van der Waals surface area contributed by atoms with Gasteiger partial charge in [0.2, 0.25) is 5.91 Å². The van der Waals surface area contributed by atoms with Crippen LogP contribution in [0.1, 0.15) is 24.5 Å². The maximum absolute atomic E-state index is 12.6. The molecule has 1 atom stereocenters.